The maximum Gasteiger partial charge on any atom is 0.338 e. The van der Waals surface area contributed by atoms with E-state index >= 15 is 0 Å². The number of rotatable bonds is 5. The zero-order chi connectivity index (χ0) is 15.9. The monoisotopic (exact) mass is 302 g/mol. The fourth-order valence-electron chi connectivity index (χ4n) is 1.86. The maximum absolute atomic E-state index is 11.8. The van der Waals surface area contributed by atoms with E-state index in [0.29, 0.717) is 23.6 Å². The summed E-state index contributed by atoms with van der Waals surface area (Å²) in [5.41, 5.74) is 0.903. The highest BCUT2D eigenvalue weighted by Crippen LogP contribution is 2.12. The number of esters is 1. The second kappa shape index (κ2) is 7.31. The molecule has 6 nitrogen and oxygen atoms in total. The van der Waals surface area contributed by atoms with Crippen LogP contribution in [-0.2, 0) is 11.3 Å². The Hall–Kier alpha value is -2.76. The van der Waals surface area contributed by atoms with Gasteiger partial charge in [0.15, 0.2) is 0 Å². The van der Waals surface area contributed by atoms with Crippen molar-refractivity contribution in [3.05, 3.63) is 53.5 Å². The van der Waals surface area contributed by atoms with Crippen LogP contribution in [0.15, 0.2) is 40.8 Å². The summed E-state index contributed by atoms with van der Waals surface area (Å²) in [4.78, 5) is 23.5. The Morgan fingerprint density at radius 3 is 2.73 bits per heavy atom. The van der Waals surface area contributed by atoms with Crippen molar-refractivity contribution in [2.24, 2.45) is 0 Å². The number of urea groups is 1. The first-order valence-corrected chi connectivity index (χ1v) is 6.96. The van der Waals surface area contributed by atoms with Gasteiger partial charge in [0.2, 0.25) is 0 Å². The highest BCUT2D eigenvalue weighted by molar-refractivity contribution is 5.93. The summed E-state index contributed by atoms with van der Waals surface area (Å²) < 4.78 is 10.3. The lowest BCUT2D eigenvalue weighted by atomic mass is 10.2. The van der Waals surface area contributed by atoms with Gasteiger partial charge in [-0.05, 0) is 44.2 Å². The number of nitrogens with one attached hydrogen (secondary N) is 2. The van der Waals surface area contributed by atoms with Crippen LogP contribution in [0.25, 0.3) is 0 Å². The summed E-state index contributed by atoms with van der Waals surface area (Å²) in [6.07, 6.45) is 0. The Labute approximate surface area is 128 Å². The number of hydrogen-bond donors (Lipinski definition) is 2. The van der Waals surface area contributed by atoms with Crippen LogP contribution < -0.4 is 10.6 Å². The molecular weight excluding hydrogens is 284 g/mol. The molecule has 0 unspecified atom stereocenters. The Morgan fingerprint density at radius 2 is 2.05 bits per heavy atom. The predicted octanol–water partition coefficient (Wildman–Crippen LogP) is 3.09. The average Bonchev–Trinajstić information content (AvgIpc) is 2.91. The smallest absolute Gasteiger partial charge is 0.338 e. The van der Waals surface area contributed by atoms with Crippen molar-refractivity contribution in [3.63, 3.8) is 0 Å². The van der Waals surface area contributed by atoms with Gasteiger partial charge >= 0.3 is 12.0 Å². The Balaban J connectivity index is 1.91. The van der Waals surface area contributed by atoms with Crippen molar-refractivity contribution < 1.29 is 18.7 Å². The molecule has 22 heavy (non-hydrogen) atoms. The summed E-state index contributed by atoms with van der Waals surface area (Å²) >= 11 is 0. The van der Waals surface area contributed by atoms with Gasteiger partial charge in [-0.3, -0.25) is 0 Å². The SMILES string of the molecule is CCOC(=O)c1cccc(NC(=O)NCc2ccc(C)o2)c1. The van der Waals surface area contributed by atoms with Crippen LogP contribution in [0, 0.1) is 6.92 Å². The largest absolute Gasteiger partial charge is 0.465 e. The minimum atomic E-state index is -0.419. The molecule has 0 atom stereocenters. The lowest BCUT2D eigenvalue weighted by Crippen LogP contribution is -2.28. The Kier molecular flexibility index (Phi) is 5.19. The molecule has 0 aliphatic rings. The summed E-state index contributed by atoms with van der Waals surface area (Å²) in [6, 6.07) is 9.82. The molecule has 0 radical (unpaired) electrons. The van der Waals surface area contributed by atoms with Crippen LogP contribution in [0.2, 0.25) is 0 Å². The molecule has 0 aliphatic carbocycles. The molecule has 2 N–H and O–H groups in total. The van der Waals surface area contributed by atoms with Gasteiger partial charge in [0.1, 0.15) is 11.5 Å². The van der Waals surface area contributed by atoms with Crippen molar-refractivity contribution in [2.45, 2.75) is 20.4 Å². The van der Waals surface area contributed by atoms with E-state index in [-0.39, 0.29) is 12.6 Å². The van der Waals surface area contributed by atoms with Crippen LogP contribution in [0.1, 0.15) is 28.8 Å². The van der Waals surface area contributed by atoms with E-state index in [0.717, 1.165) is 5.76 Å². The average molecular weight is 302 g/mol. The predicted molar refractivity (Wildman–Crippen MR) is 81.7 cm³/mol. The van der Waals surface area contributed by atoms with Gasteiger partial charge in [-0.15, -0.1) is 0 Å². The fourth-order valence-corrected chi connectivity index (χ4v) is 1.86. The van der Waals surface area contributed by atoms with Crippen LogP contribution >= 0.6 is 0 Å². The molecule has 0 fully saturated rings. The third-order valence-corrected chi connectivity index (χ3v) is 2.85. The van der Waals surface area contributed by atoms with Crippen LogP contribution in [0.5, 0.6) is 0 Å². The number of anilines is 1. The molecule has 6 heteroatoms. The van der Waals surface area contributed by atoms with E-state index in [9.17, 15) is 9.59 Å². The van der Waals surface area contributed by atoms with Gasteiger partial charge in [-0.25, -0.2) is 9.59 Å². The van der Waals surface area contributed by atoms with Crippen molar-refractivity contribution in [3.8, 4) is 0 Å². The van der Waals surface area contributed by atoms with E-state index in [1.165, 1.54) is 0 Å². The standard InChI is InChI=1S/C16H18N2O4/c1-3-21-15(19)12-5-4-6-13(9-12)18-16(20)17-10-14-8-7-11(2)22-14/h4-9H,3,10H2,1-2H3,(H2,17,18,20). The molecule has 0 saturated carbocycles. The molecule has 0 aliphatic heterocycles. The van der Waals surface area contributed by atoms with Crippen LogP contribution in [-0.4, -0.2) is 18.6 Å². The van der Waals surface area contributed by atoms with Crippen molar-refractivity contribution in [1.29, 1.82) is 0 Å². The molecule has 1 aromatic carbocycles. The Morgan fingerprint density at radius 1 is 1.23 bits per heavy atom. The molecule has 1 heterocycles. The second-order valence-corrected chi connectivity index (χ2v) is 4.62. The van der Waals surface area contributed by atoms with Crippen molar-refractivity contribution in [1.82, 2.24) is 5.32 Å². The number of furan rings is 1. The molecule has 1 aromatic heterocycles. The first kappa shape index (κ1) is 15.6. The van der Waals surface area contributed by atoms with Crippen molar-refractivity contribution >= 4 is 17.7 Å². The number of ether oxygens (including phenoxy) is 1. The third-order valence-electron chi connectivity index (χ3n) is 2.85. The summed E-state index contributed by atoms with van der Waals surface area (Å²) in [5.74, 6) is 1.05. The number of carbonyl (C=O) groups is 2. The van der Waals surface area contributed by atoms with Gasteiger partial charge in [-0.2, -0.15) is 0 Å². The maximum atomic E-state index is 11.8. The second-order valence-electron chi connectivity index (χ2n) is 4.62. The highest BCUT2D eigenvalue weighted by atomic mass is 16.5. The van der Waals surface area contributed by atoms with Gasteiger partial charge in [0.05, 0.1) is 18.7 Å². The number of aryl methyl sites for hydroxylation is 1. The molecule has 2 aromatic rings. The minimum Gasteiger partial charge on any atom is -0.465 e. The summed E-state index contributed by atoms with van der Waals surface area (Å²) in [5, 5.41) is 5.33. The topological polar surface area (TPSA) is 80.6 Å². The number of amides is 2. The number of carbonyl (C=O) groups excluding carboxylic acids is 2. The highest BCUT2D eigenvalue weighted by Gasteiger charge is 2.08. The number of benzene rings is 1. The molecular formula is C16H18N2O4. The van der Waals surface area contributed by atoms with Crippen molar-refractivity contribution in [2.75, 3.05) is 11.9 Å². The van der Waals surface area contributed by atoms with E-state index in [1.54, 1.807) is 37.3 Å². The van der Waals surface area contributed by atoms with E-state index < -0.39 is 5.97 Å². The lowest BCUT2D eigenvalue weighted by Gasteiger charge is -2.08. The van der Waals surface area contributed by atoms with Gasteiger partial charge in [0.25, 0.3) is 0 Å². The summed E-state index contributed by atoms with van der Waals surface area (Å²) in [7, 11) is 0. The lowest BCUT2D eigenvalue weighted by molar-refractivity contribution is 0.0526. The quantitative estimate of drug-likeness (QED) is 0.832. The normalized spacial score (nSPS) is 10.1. The molecule has 116 valence electrons. The molecule has 0 saturated heterocycles. The van der Waals surface area contributed by atoms with Gasteiger partial charge < -0.3 is 19.8 Å². The molecule has 2 amide bonds. The first-order valence-electron chi connectivity index (χ1n) is 6.96. The molecule has 0 spiro atoms. The number of hydrogen-bond acceptors (Lipinski definition) is 4. The zero-order valence-electron chi connectivity index (χ0n) is 12.5. The van der Waals surface area contributed by atoms with Gasteiger partial charge in [0, 0.05) is 5.69 Å². The first-order chi connectivity index (χ1) is 10.6. The Bertz CT molecular complexity index is 664. The van der Waals surface area contributed by atoms with E-state index in [1.807, 2.05) is 13.0 Å². The zero-order valence-corrected chi connectivity index (χ0v) is 12.5. The van der Waals surface area contributed by atoms with E-state index in [2.05, 4.69) is 10.6 Å². The van der Waals surface area contributed by atoms with E-state index in [4.69, 9.17) is 9.15 Å². The minimum absolute atomic E-state index is 0.289. The molecule has 2 rings (SSSR count). The fraction of sp³-hybridized carbons (Fsp3) is 0.250. The summed E-state index contributed by atoms with van der Waals surface area (Å²) in [6.45, 7) is 4.17. The van der Waals surface area contributed by atoms with Crippen LogP contribution in [0.3, 0.4) is 0 Å². The molecule has 0 bridgehead atoms. The van der Waals surface area contributed by atoms with Gasteiger partial charge in [-0.1, -0.05) is 6.07 Å². The third kappa shape index (κ3) is 4.37. The van der Waals surface area contributed by atoms with Crippen LogP contribution in [0.4, 0.5) is 10.5 Å².